The van der Waals surface area contributed by atoms with E-state index in [1.165, 1.54) is 38.5 Å². The standard InChI is InChI=1S/C12H19NO/c14-12(13-7-2-1-3-8-13)11-9-5-4-6-10(9)11/h9-11H,1-8H2. The van der Waals surface area contributed by atoms with Crippen LogP contribution < -0.4 is 0 Å². The molecule has 1 saturated heterocycles. The van der Waals surface area contributed by atoms with Crippen LogP contribution in [0.25, 0.3) is 0 Å². The Bertz CT molecular complexity index is 231. The van der Waals surface area contributed by atoms with Crippen LogP contribution in [-0.4, -0.2) is 23.9 Å². The number of nitrogens with zero attached hydrogens (tertiary/aromatic N) is 1. The van der Waals surface area contributed by atoms with Gasteiger partial charge in [0.2, 0.25) is 5.91 Å². The fourth-order valence-corrected chi connectivity index (χ4v) is 3.51. The van der Waals surface area contributed by atoms with E-state index < -0.39 is 0 Å². The van der Waals surface area contributed by atoms with E-state index in [0.717, 1.165) is 24.9 Å². The number of carbonyl (C=O) groups excluding carboxylic acids is 1. The molecule has 0 aromatic heterocycles. The van der Waals surface area contributed by atoms with Crippen molar-refractivity contribution in [3.05, 3.63) is 0 Å². The summed E-state index contributed by atoms with van der Waals surface area (Å²) in [6.07, 6.45) is 7.81. The molecule has 3 fully saturated rings. The van der Waals surface area contributed by atoms with Crippen molar-refractivity contribution in [3.8, 4) is 0 Å². The van der Waals surface area contributed by atoms with Gasteiger partial charge in [0.15, 0.2) is 0 Å². The van der Waals surface area contributed by atoms with Gasteiger partial charge < -0.3 is 4.90 Å². The molecule has 78 valence electrons. The van der Waals surface area contributed by atoms with Crippen molar-refractivity contribution in [2.75, 3.05) is 13.1 Å². The number of carbonyl (C=O) groups is 1. The summed E-state index contributed by atoms with van der Waals surface area (Å²) >= 11 is 0. The summed E-state index contributed by atoms with van der Waals surface area (Å²) in [7, 11) is 0. The number of amides is 1. The van der Waals surface area contributed by atoms with Gasteiger partial charge in [-0.15, -0.1) is 0 Å². The third kappa shape index (κ3) is 1.27. The Morgan fingerprint density at radius 3 is 2.21 bits per heavy atom. The molecule has 2 saturated carbocycles. The summed E-state index contributed by atoms with van der Waals surface area (Å²) in [4.78, 5) is 14.2. The molecule has 3 rings (SSSR count). The molecule has 3 aliphatic rings. The molecule has 1 aliphatic heterocycles. The van der Waals surface area contributed by atoms with E-state index in [2.05, 4.69) is 4.90 Å². The first-order valence-electron chi connectivity index (χ1n) is 6.17. The van der Waals surface area contributed by atoms with Crippen LogP contribution in [0.5, 0.6) is 0 Å². The fourth-order valence-electron chi connectivity index (χ4n) is 3.51. The Morgan fingerprint density at radius 1 is 0.929 bits per heavy atom. The first kappa shape index (κ1) is 8.75. The van der Waals surface area contributed by atoms with E-state index in [0.29, 0.717) is 11.8 Å². The van der Waals surface area contributed by atoms with Crippen LogP contribution in [0.2, 0.25) is 0 Å². The normalized spacial score (nSPS) is 40.9. The molecule has 2 heteroatoms. The first-order chi connectivity index (χ1) is 6.88. The average molecular weight is 193 g/mol. The number of hydrogen-bond donors (Lipinski definition) is 0. The van der Waals surface area contributed by atoms with E-state index in [4.69, 9.17) is 0 Å². The van der Waals surface area contributed by atoms with E-state index in [-0.39, 0.29) is 0 Å². The largest absolute Gasteiger partial charge is 0.342 e. The van der Waals surface area contributed by atoms with E-state index in [1.807, 2.05) is 0 Å². The highest BCUT2D eigenvalue weighted by atomic mass is 16.2. The number of piperidine rings is 1. The molecule has 2 unspecified atom stereocenters. The summed E-state index contributed by atoms with van der Waals surface area (Å²) in [6, 6.07) is 0. The predicted molar refractivity (Wildman–Crippen MR) is 54.8 cm³/mol. The molecular weight excluding hydrogens is 174 g/mol. The third-order valence-electron chi connectivity index (χ3n) is 4.36. The van der Waals surface area contributed by atoms with Gasteiger partial charge in [-0.05, 0) is 43.9 Å². The van der Waals surface area contributed by atoms with Gasteiger partial charge in [-0.25, -0.2) is 0 Å². The van der Waals surface area contributed by atoms with E-state index in [1.54, 1.807) is 0 Å². The quantitative estimate of drug-likeness (QED) is 0.624. The number of hydrogen-bond acceptors (Lipinski definition) is 1. The van der Waals surface area contributed by atoms with Crippen molar-refractivity contribution in [1.82, 2.24) is 4.90 Å². The minimum atomic E-state index is 0.460. The predicted octanol–water partition coefficient (Wildman–Crippen LogP) is 2.04. The molecule has 2 nitrogen and oxygen atoms in total. The van der Waals surface area contributed by atoms with Crippen LogP contribution in [0, 0.1) is 17.8 Å². The highest BCUT2D eigenvalue weighted by molar-refractivity contribution is 5.82. The van der Waals surface area contributed by atoms with Crippen LogP contribution in [0.15, 0.2) is 0 Å². The lowest BCUT2D eigenvalue weighted by Crippen LogP contribution is -2.37. The minimum Gasteiger partial charge on any atom is -0.342 e. The maximum Gasteiger partial charge on any atom is 0.226 e. The lowest BCUT2D eigenvalue weighted by Gasteiger charge is -2.27. The Balaban J connectivity index is 1.60. The van der Waals surface area contributed by atoms with Gasteiger partial charge in [-0.2, -0.15) is 0 Å². The first-order valence-corrected chi connectivity index (χ1v) is 6.17. The van der Waals surface area contributed by atoms with Gasteiger partial charge in [0.05, 0.1) is 0 Å². The van der Waals surface area contributed by atoms with Crippen LogP contribution in [0.1, 0.15) is 38.5 Å². The summed E-state index contributed by atoms with van der Waals surface area (Å²) < 4.78 is 0. The van der Waals surface area contributed by atoms with Crippen LogP contribution in [-0.2, 0) is 4.79 Å². The summed E-state index contributed by atoms with van der Waals surface area (Å²) in [5, 5.41) is 0. The van der Waals surface area contributed by atoms with Gasteiger partial charge in [0.1, 0.15) is 0 Å². The van der Waals surface area contributed by atoms with Crippen molar-refractivity contribution < 1.29 is 4.79 Å². The average Bonchev–Trinajstić information content (AvgIpc) is 2.72. The van der Waals surface area contributed by atoms with E-state index >= 15 is 0 Å². The van der Waals surface area contributed by atoms with Crippen molar-refractivity contribution in [2.24, 2.45) is 17.8 Å². The second-order valence-electron chi connectivity index (χ2n) is 5.17. The highest BCUT2D eigenvalue weighted by Crippen LogP contribution is 2.58. The maximum atomic E-state index is 12.1. The lowest BCUT2D eigenvalue weighted by molar-refractivity contribution is -0.134. The Morgan fingerprint density at radius 2 is 1.57 bits per heavy atom. The third-order valence-corrected chi connectivity index (χ3v) is 4.36. The van der Waals surface area contributed by atoms with Gasteiger partial charge in [0, 0.05) is 19.0 Å². The molecule has 0 spiro atoms. The molecular formula is C12H19NO. The fraction of sp³-hybridized carbons (Fsp3) is 0.917. The zero-order valence-electron chi connectivity index (χ0n) is 8.74. The van der Waals surface area contributed by atoms with Crippen LogP contribution in [0.4, 0.5) is 0 Å². The van der Waals surface area contributed by atoms with Crippen molar-refractivity contribution in [3.63, 3.8) is 0 Å². The van der Waals surface area contributed by atoms with Gasteiger partial charge >= 0.3 is 0 Å². The lowest BCUT2D eigenvalue weighted by atomic mass is 10.1. The molecule has 0 radical (unpaired) electrons. The Kier molecular flexibility index (Phi) is 2.03. The second-order valence-corrected chi connectivity index (χ2v) is 5.17. The van der Waals surface area contributed by atoms with Crippen molar-refractivity contribution in [1.29, 1.82) is 0 Å². The molecule has 14 heavy (non-hydrogen) atoms. The zero-order valence-corrected chi connectivity index (χ0v) is 8.74. The minimum absolute atomic E-state index is 0.460. The molecule has 0 aromatic carbocycles. The molecule has 2 aliphatic carbocycles. The zero-order chi connectivity index (χ0) is 9.54. The van der Waals surface area contributed by atoms with Gasteiger partial charge in [-0.1, -0.05) is 6.42 Å². The smallest absolute Gasteiger partial charge is 0.226 e. The second kappa shape index (κ2) is 3.25. The van der Waals surface area contributed by atoms with Crippen LogP contribution >= 0.6 is 0 Å². The van der Waals surface area contributed by atoms with Crippen LogP contribution in [0.3, 0.4) is 0 Å². The van der Waals surface area contributed by atoms with E-state index in [9.17, 15) is 4.79 Å². The highest BCUT2D eigenvalue weighted by Gasteiger charge is 2.57. The number of fused-ring (bicyclic) bond motifs is 1. The Hall–Kier alpha value is -0.530. The molecule has 0 N–H and O–H groups in total. The molecule has 0 aromatic rings. The van der Waals surface area contributed by atoms with Crippen molar-refractivity contribution >= 4 is 5.91 Å². The molecule has 2 atom stereocenters. The SMILES string of the molecule is O=C(C1C2CCCC21)N1CCCCC1. The van der Waals surface area contributed by atoms with Gasteiger partial charge in [0.25, 0.3) is 0 Å². The summed E-state index contributed by atoms with van der Waals surface area (Å²) in [6.45, 7) is 2.07. The number of likely N-dealkylation sites (tertiary alicyclic amines) is 1. The monoisotopic (exact) mass is 193 g/mol. The maximum absolute atomic E-state index is 12.1. The topological polar surface area (TPSA) is 20.3 Å². The Labute approximate surface area is 85.7 Å². The van der Waals surface area contributed by atoms with Crippen molar-refractivity contribution in [2.45, 2.75) is 38.5 Å². The summed E-state index contributed by atoms with van der Waals surface area (Å²) in [5.74, 6) is 2.55. The molecule has 1 heterocycles. The summed E-state index contributed by atoms with van der Waals surface area (Å²) in [5.41, 5.74) is 0. The van der Waals surface area contributed by atoms with Gasteiger partial charge in [-0.3, -0.25) is 4.79 Å². The number of rotatable bonds is 1. The molecule has 1 amide bonds. The molecule has 0 bridgehead atoms.